The average Bonchev–Trinajstić information content (AvgIpc) is 1.69. The molecule has 1 heterocycles. The third kappa shape index (κ3) is 1.95. The molecule has 0 aromatic heterocycles. The maximum atomic E-state index is 3.36. The second-order valence-electron chi connectivity index (χ2n) is 1.83. The van der Waals surface area contributed by atoms with Crippen LogP contribution in [0.1, 0.15) is 6.92 Å². The normalized spacial score (nSPS) is 34.1. The van der Waals surface area contributed by atoms with Crippen molar-refractivity contribution in [1.29, 1.82) is 0 Å². The zero-order valence-electron chi connectivity index (χ0n) is 4.58. The molecule has 0 aliphatic carbocycles. The van der Waals surface area contributed by atoms with Gasteiger partial charge >= 0.3 is 54.9 Å². The molecule has 2 heteroatoms. The van der Waals surface area contributed by atoms with E-state index in [-0.39, 0.29) is 0 Å². The summed E-state index contributed by atoms with van der Waals surface area (Å²) in [5, 5.41) is 3.36. The van der Waals surface area contributed by atoms with Crippen molar-refractivity contribution in [2.24, 2.45) is 0 Å². The molecule has 0 amide bonds. The van der Waals surface area contributed by atoms with Gasteiger partial charge in [0.2, 0.25) is 0 Å². The van der Waals surface area contributed by atoms with Gasteiger partial charge in [-0.15, -0.1) is 0 Å². The van der Waals surface area contributed by atoms with Crippen LogP contribution in [0, 0.1) is 0 Å². The van der Waals surface area contributed by atoms with Gasteiger partial charge in [0.15, 0.2) is 0 Å². The molecule has 1 unspecified atom stereocenters. The Morgan fingerprint density at radius 2 is 2.57 bits per heavy atom. The summed E-state index contributed by atoms with van der Waals surface area (Å²) in [7, 11) is 0. The van der Waals surface area contributed by atoms with E-state index >= 15 is 0 Å². The molecule has 1 N–H and O–H groups in total. The first-order valence-corrected chi connectivity index (χ1v) is 5.45. The van der Waals surface area contributed by atoms with Crippen LogP contribution in [0.3, 0.4) is 0 Å². The predicted octanol–water partition coefficient (Wildman–Crippen LogP) is -2.93. The summed E-state index contributed by atoms with van der Waals surface area (Å²) in [6.07, 6.45) is 0. The van der Waals surface area contributed by atoms with Gasteiger partial charge in [-0.3, -0.25) is 0 Å². The molecule has 0 bridgehead atoms. The first kappa shape index (κ1) is 5.82. The topological polar surface area (TPSA) is 12.0 Å². The molecular weight excluding hydrogens is 201 g/mol. The second kappa shape index (κ2) is 2.87. The first-order chi connectivity index (χ1) is 3.39. The maximum absolute atomic E-state index is 3.36. The number of halogens is 1. The van der Waals surface area contributed by atoms with E-state index < -0.39 is 0 Å². The van der Waals surface area contributed by atoms with E-state index in [0.29, 0.717) is 21.2 Å². The Morgan fingerprint density at radius 1 is 1.71 bits per heavy atom. The van der Waals surface area contributed by atoms with Gasteiger partial charge in [-0.05, 0) is 0 Å². The summed E-state index contributed by atoms with van der Waals surface area (Å²) in [5.74, 6) is 0. The Kier molecular flexibility index (Phi) is 2.38. The molecule has 44 valence electrons. The van der Waals surface area contributed by atoms with E-state index in [2.05, 4.69) is 12.2 Å². The van der Waals surface area contributed by atoms with Crippen LogP contribution in [-0.2, 0) is 0 Å². The predicted molar refractivity (Wildman–Crippen MR) is 27.2 cm³/mol. The van der Waals surface area contributed by atoms with Crippen LogP contribution in [0.15, 0.2) is 0 Å². The van der Waals surface area contributed by atoms with Gasteiger partial charge in [-0.1, -0.05) is 0 Å². The van der Waals surface area contributed by atoms with E-state index in [9.17, 15) is 0 Å². The summed E-state index contributed by atoms with van der Waals surface area (Å²) in [6, 6.07) is 0. The average molecular weight is 212 g/mol. The number of hydrogen-bond donors (Lipinski definition) is 1. The second-order valence-corrected chi connectivity index (χ2v) is 5.91. The van der Waals surface area contributed by atoms with Gasteiger partial charge in [0.25, 0.3) is 0 Å². The summed E-state index contributed by atoms with van der Waals surface area (Å²) >= 11 is 0.589. The molecule has 1 saturated heterocycles. The Bertz CT molecular complexity index is 50.0. The molecule has 1 aliphatic heterocycles. The van der Waals surface area contributed by atoms with Crippen molar-refractivity contribution in [1.82, 2.24) is 5.32 Å². The van der Waals surface area contributed by atoms with E-state index in [0.717, 1.165) is 3.92 Å². The Hall–Kier alpha value is 0.690. The molecule has 0 saturated carbocycles. The zero-order valence-corrected chi connectivity index (χ0v) is 6.73. The fourth-order valence-electron chi connectivity index (χ4n) is 0.663. The molecule has 1 nitrogen and oxygen atoms in total. The molecule has 7 heavy (non-hydrogen) atoms. The SMILES string of the molecule is CC1CNCC[I-]1. The Labute approximate surface area is 55.1 Å². The summed E-state index contributed by atoms with van der Waals surface area (Å²) in [6.45, 7) is 4.92. The monoisotopic (exact) mass is 212 g/mol. The quantitative estimate of drug-likeness (QED) is 0.335. The standard InChI is InChI=1S/C5H11IN/c1-5-4-7-3-2-6-5/h5,7H,2-4H2,1H3/q-1. The van der Waals surface area contributed by atoms with E-state index in [1.165, 1.54) is 17.5 Å². The van der Waals surface area contributed by atoms with Crippen LogP contribution in [0.5, 0.6) is 0 Å². The van der Waals surface area contributed by atoms with Crippen LogP contribution in [0.25, 0.3) is 0 Å². The molecule has 0 spiro atoms. The molecule has 0 radical (unpaired) electrons. The van der Waals surface area contributed by atoms with Gasteiger partial charge in [-0.2, -0.15) is 0 Å². The minimum atomic E-state index is 0.589. The molecule has 0 aromatic rings. The number of rotatable bonds is 0. The Balaban J connectivity index is 2.12. The van der Waals surface area contributed by atoms with Gasteiger partial charge in [-0.25, -0.2) is 0 Å². The Morgan fingerprint density at radius 3 is 2.86 bits per heavy atom. The van der Waals surface area contributed by atoms with E-state index in [1.807, 2.05) is 0 Å². The fraction of sp³-hybridized carbons (Fsp3) is 1.00. The summed E-state index contributed by atoms with van der Waals surface area (Å²) in [5.41, 5.74) is 0. The van der Waals surface area contributed by atoms with Crippen molar-refractivity contribution in [3.63, 3.8) is 0 Å². The minimum absolute atomic E-state index is 0.589. The van der Waals surface area contributed by atoms with Crippen molar-refractivity contribution in [2.45, 2.75) is 10.8 Å². The van der Waals surface area contributed by atoms with Crippen molar-refractivity contribution >= 4 is 0 Å². The van der Waals surface area contributed by atoms with Crippen LogP contribution in [0.2, 0.25) is 0 Å². The van der Waals surface area contributed by atoms with Crippen molar-refractivity contribution in [3.05, 3.63) is 0 Å². The zero-order chi connectivity index (χ0) is 5.11. The van der Waals surface area contributed by atoms with Gasteiger partial charge in [0, 0.05) is 0 Å². The summed E-state index contributed by atoms with van der Waals surface area (Å²) in [4.78, 5) is 0. The van der Waals surface area contributed by atoms with Crippen molar-refractivity contribution < 1.29 is 21.2 Å². The van der Waals surface area contributed by atoms with Crippen LogP contribution in [0.4, 0.5) is 0 Å². The number of alkyl halides is 2. The van der Waals surface area contributed by atoms with Crippen LogP contribution >= 0.6 is 0 Å². The van der Waals surface area contributed by atoms with Crippen molar-refractivity contribution in [3.8, 4) is 0 Å². The van der Waals surface area contributed by atoms with Gasteiger partial charge in [0.05, 0.1) is 0 Å². The number of nitrogens with one attached hydrogen (secondary N) is 1. The van der Waals surface area contributed by atoms with Gasteiger partial charge in [0.1, 0.15) is 0 Å². The van der Waals surface area contributed by atoms with Crippen molar-refractivity contribution in [2.75, 3.05) is 17.5 Å². The van der Waals surface area contributed by atoms with Gasteiger partial charge < -0.3 is 0 Å². The fourth-order valence-corrected chi connectivity index (χ4v) is 3.04. The molecule has 0 aromatic carbocycles. The molecule has 1 aliphatic rings. The molecule has 1 atom stereocenters. The summed E-state index contributed by atoms with van der Waals surface area (Å²) < 4.78 is 2.52. The third-order valence-electron chi connectivity index (χ3n) is 1.07. The van der Waals surface area contributed by atoms with E-state index in [1.54, 1.807) is 0 Å². The molecule has 1 fully saturated rings. The first-order valence-electron chi connectivity index (χ1n) is 2.68. The number of hydrogen-bond acceptors (Lipinski definition) is 1. The van der Waals surface area contributed by atoms with E-state index in [4.69, 9.17) is 0 Å². The van der Waals surface area contributed by atoms with Crippen LogP contribution < -0.4 is 26.5 Å². The van der Waals surface area contributed by atoms with Crippen LogP contribution in [-0.4, -0.2) is 21.4 Å². The molecular formula is C5H11IN-. The molecule has 1 rings (SSSR count). The third-order valence-corrected chi connectivity index (χ3v) is 4.18.